The van der Waals surface area contributed by atoms with Gasteiger partial charge in [-0.2, -0.15) is 0 Å². The van der Waals surface area contributed by atoms with Gasteiger partial charge in [0.15, 0.2) is 12.4 Å². The van der Waals surface area contributed by atoms with Crippen LogP contribution in [0.25, 0.3) is 0 Å². The molecule has 6 atom stereocenters. The van der Waals surface area contributed by atoms with Crippen molar-refractivity contribution in [3.8, 4) is 0 Å². The zero-order chi connectivity index (χ0) is 34.5. The van der Waals surface area contributed by atoms with Gasteiger partial charge < -0.3 is 39.4 Å². The van der Waals surface area contributed by atoms with Crippen LogP contribution < -0.4 is 0 Å². The van der Waals surface area contributed by atoms with Crippen LogP contribution in [0.4, 0.5) is 0 Å². The maximum Gasteiger partial charge on any atom is 0.306 e. The van der Waals surface area contributed by atoms with Gasteiger partial charge >= 0.3 is 11.9 Å². The van der Waals surface area contributed by atoms with Crippen molar-refractivity contribution >= 4 is 11.9 Å². The van der Waals surface area contributed by atoms with E-state index in [1.165, 1.54) is 44.9 Å². The first-order chi connectivity index (χ1) is 22.8. The van der Waals surface area contributed by atoms with Gasteiger partial charge in [0, 0.05) is 12.8 Å². The molecule has 274 valence electrons. The predicted octanol–water partition coefficient (Wildman–Crippen LogP) is 6.21. The first-order valence-corrected chi connectivity index (χ1v) is 18.4. The first kappa shape index (κ1) is 43.2. The second-order valence-corrected chi connectivity index (χ2v) is 12.7. The van der Waals surface area contributed by atoms with Crippen molar-refractivity contribution < 1.29 is 49.0 Å². The number of allylic oxidation sites excluding steroid dienone is 4. The van der Waals surface area contributed by atoms with Crippen molar-refractivity contribution in [1.29, 1.82) is 0 Å². The molecule has 0 aromatic carbocycles. The van der Waals surface area contributed by atoms with Crippen LogP contribution in [0, 0.1) is 0 Å². The van der Waals surface area contributed by atoms with Gasteiger partial charge in [0.25, 0.3) is 0 Å². The Bertz CT molecular complexity index is 830. The van der Waals surface area contributed by atoms with Crippen LogP contribution in [0.2, 0.25) is 0 Å². The summed E-state index contributed by atoms with van der Waals surface area (Å²) in [5, 5.41) is 39.8. The highest BCUT2D eigenvalue weighted by Gasteiger charge is 2.44. The van der Waals surface area contributed by atoms with Crippen LogP contribution in [0.3, 0.4) is 0 Å². The number of ether oxygens (including phenoxy) is 4. The zero-order valence-corrected chi connectivity index (χ0v) is 29.3. The van der Waals surface area contributed by atoms with E-state index in [1.54, 1.807) is 0 Å². The fourth-order valence-electron chi connectivity index (χ4n) is 5.33. The monoisotopic (exact) mass is 670 g/mol. The molecule has 1 heterocycles. The minimum absolute atomic E-state index is 0.215. The summed E-state index contributed by atoms with van der Waals surface area (Å²) in [6, 6.07) is 0. The van der Waals surface area contributed by atoms with Gasteiger partial charge in [-0.15, -0.1) is 0 Å². The van der Waals surface area contributed by atoms with E-state index in [9.17, 15) is 30.0 Å². The Morgan fingerprint density at radius 1 is 0.660 bits per heavy atom. The van der Waals surface area contributed by atoms with Crippen LogP contribution in [0.1, 0.15) is 142 Å². The highest BCUT2D eigenvalue weighted by Crippen LogP contribution is 2.22. The molecule has 0 bridgehead atoms. The first-order valence-electron chi connectivity index (χ1n) is 18.4. The molecule has 1 fully saturated rings. The Balaban J connectivity index is 2.41. The lowest BCUT2D eigenvalue weighted by Crippen LogP contribution is -2.59. The van der Waals surface area contributed by atoms with Crippen LogP contribution >= 0.6 is 0 Å². The molecule has 0 aromatic heterocycles. The van der Waals surface area contributed by atoms with Gasteiger partial charge in [-0.1, -0.05) is 109 Å². The lowest BCUT2D eigenvalue weighted by molar-refractivity contribution is -0.305. The van der Waals surface area contributed by atoms with E-state index in [0.29, 0.717) is 6.42 Å². The summed E-state index contributed by atoms with van der Waals surface area (Å²) < 4.78 is 21.9. The molecule has 0 saturated carbocycles. The standard InChI is InChI=1S/C37H66O10/c1-3-5-7-9-11-12-13-14-15-16-17-18-20-22-24-26-33(40)46-30(28-44-32(39)25-23-21-19-10-8-6-4-2)29-45-37-36(43)35(42)34(41)31(27-38)47-37/h11-12,14-15,30-31,34-38,41-43H,3-10,13,16-29H2,1-2H3/b12-11+,15-14+/t30-,31+,34-,35?,36?,37+/m1/s1. The highest BCUT2D eigenvalue weighted by atomic mass is 16.7. The molecule has 0 spiro atoms. The summed E-state index contributed by atoms with van der Waals surface area (Å²) in [5.41, 5.74) is 0. The number of esters is 2. The summed E-state index contributed by atoms with van der Waals surface area (Å²) in [6.45, 7) is 3.30. The molecule has 1 aliphatic heterocycles. The number of rotatable bonds is 29. The summed E-state index contributed by atoms with van der Waals surface area (Å²) >= 11 is 0. The van der Waals surface area contributed by atoms with E-state index >= 15 is 0 Å². The lowest BCUT2D eigenvalue weighted by atomic mass is 9.99. The molecule has 10 nitrogen and oxygen atoms in total. The molecule has 1 saturated heterocycles. The molecule has 0 amide bonds. The molecule has 0 radical (unpaired) electrons. The number of aliphatic hydroxyl groups is 4. The fourth-order valence-corrected chi connectivity index (χ4v) is 5.33. The van der Waals surface area contributed by atoms with Crippen molar-refractivity contribution in [2.75, 3.05) is 19.8 Å². The summed E-state index contributed by atoms with van der Waals surface area (Å²) in [4.78, 5) is 25.0. The van der Waals surface area contributed by atoms with Gasteiger partial charge in [0.1, 0.15) is 31.0 Å². The minimum atomic E-state index is -1.59. The predicted molar refractivity (Wildman–Crippen MR) is 183 cm³/mol. The normalized spacial score (nSPS) is 22.2. The number of carbonyl (C=O) groups excluding carboxylic acids is 2. The van der Waals surface area contributed by atoms with E-state index in [1.807, 2.05) is 0 Å². The Labute approximate surface area is 283 Å². The second-order valence-electron chi connectivity index (χ2n) is 12.7. The number of hydrogen-bond acceptors (Lipinski definition) is 10. The van der Waals surface area contributed by atoms with E-state index in [-0.39, 0.29) is 32.0 Å². The van der Waals surface area contributed by atoms with Crippen LogP contribution in [0.15, 0.2) is 24.3 Å². The molecule has 0 aliphatic carbocycles. The second kappa shape index (κ2) is 29.1. The third kappa shape index (κ3) is 21.7. The van der Waals surface area contributed by atoms with Gasteiger partial charge in [0.05, 0.1) is 13.2 Å². The average molecular weight is 671 g/mol. The van der Waals surface area contributed by atoms with Crippen molar-refractivity contribution in [2.24, 2.45) is 0 Å². The number of aliphatic hydroxyl groups excluding tert-OH is 4. The van der Waals surface area contributed by atoms with Crippen molar-refractivity contribution in [2.45, 2.75) is 179 Å². The molecule has 2 unspecified atom stereocenters. The largest absolute Gasteiger partial charge is 0.462 e. The summed E-state index contributed by atoms with van der Waals surface area (Å²) in [6.07, 6.45) is 20.7. The van der Waals surface area contributed by atoms with E-state index in [4.69, 9.17) is 18.9 Å². The molecule has 0 aromatic rings. The van der Waals surface area contributed by atoms with E-state index < -0.39 is 49.4 Å². The van der Waals surface area contributed by atoms with E-state index in [2.05, 4.69) is 38.2 Å². The molecular formula is C37H66O10. The fraction of sp³-hybridized carbons (Fsp3) is 0.838. The summed E-state index contributed by atoms with van der Waals surface area (Å²) in [5.74, 6) is -0.831. The van der Waals surface area contributed by atoms with Crippen molar-refractivity contribution in [3.63, 3.8) is 0 Å². The smallest absolute Gasteiger partial charge is 0.306 e. The third-order valence-corrected chi connectivity index (χ3v) is 8.34. The molecule has 4 N–H and O–H groups in total. The number of unbranched alkanes of at least 4 members (excludes halogenated alkanes) is 14. The minimum Gasteiger partial charge on any atom is -0.462 e. The Morgan fingerprint density at radius 2 is 1.19 bits per heavy atom. The average Bonchev–Trinajstić information content (AvgIpc) is 3.06. The van der Waals surface area contributed by atoms with Gasteiger partial charge in [-0.3, -0.25) is 9.59 Å². The van der Waals surface area contributed by atoms with Crippen molar-refractivity contribution in [1.82, 2.24) is 0 Å². The molecular weight excluding hydrogens is 604 g/mol. The van der Waals surface area contributed by atoms with Gasteiger partial charge in [0.2, 0.25) is 0 Å². The number of carbonyl (C=O) groups is 2. The van der Waals surface area contributed by atoms with Crippen LogP contribution in [-0.2, 0) is 28.5 Å². The maximum atomic E-state index is 12.6. The molecule has 10 heteroatoms. The maximum absolute atomic E-state index is 12.6. The highest BCUT2D eigenvalue weighted by molar-refractivity contribution is 5.70. The molecule has 1 aliphatic rings. The van der Waals surface area contributed by atoms with Crippen molar-refractivity contribution in [3.05, 3.63) is 24.3 Å². The molecule has 1 rings (SSSR count). The topological polar surface area (TPSA) is 152 Å². The lowest BCUT2D eigenvalue weighted by Gasteiger charge is -2.39. The molecule has 47 heavy (non-hydrogen) atoms. The van der Waals surface area contributed by atoms with Gasteiger partial charge in [-0.05, 0) is 44.9 Å². The van der Waals surface area contributed by atoms with Crippen LogP contribution in [0.5, 0.6) is 0 Å². The number of hydrogen-bond donors (Lipinski definition) is 4. The summed E-state index contributed by atoms with van der Waals surface area (Å²) in [7, 11) is 0. The SMILES string of the molecule is CCCCC/C=C/C/C=C/CCCCCCCC(=O)O[C@H](COC(=O)CCCCCCCCC)CO[C@H]1O[C@@H](CO)[C@@H](O)C(O)C1O. The third-order valence-electron chi connectivity index (χ3n) is 8.34. The Kier molecular flexibility index (Phi) is 26.8. The van der Waals surface area contributed by atoms with Gasteiger partial charge in [-0.25, -0.2) is 0 Å². The zero-order valence-electron chi connectivity index (χ0n) is 29.3. The Hall–Kier alpha value is -1.82. The van der Waals surface area contributed by atoms with E-state index in [0.717, 1.165) is 64.2 Å². The van der Waals surface area contributed by atoms with Crippen LogP contribution in [-0.4, -0.2) is 89.0 Å². The Morgan fingerprint density at radius 3 is 1.81 bits per heavy atom. The quantitative estimate of drug-likeness (QED) is 0.0411.